The topological polar surface area (TPSA) is 75.8 Å². The van der Waals surface area contributed by atoms with Gasteiger partial charge in [0.05, 0.1) is 17.4 Å². The summed E-state index contributed by atoms with van der Waals surface area (Å²) in [7, 11) is 0. The second-order valence-electron chi connectivity index (χ2n) is 4.73. The van der Waals surface area contributed by atoms with Gasteiger partial charge in [-0.15, -0.1) is 11.3 Å². The number of thiophene rings is 1. The number of H-pyrrole nitrogens is 1. The highest BCUT2D eigenvalue weighted by Crippen LogP contribution is 2.25. The van der Waals surface area contributed by atoms with Crippen LogP contribution in [-0.4, -0.2) is 20.7 Å². The number of furan rings is 1. The Hall–Kier alpha value is -2.19. The van der Waals surface area contributed by atoms with Crippen LogP contribution < -0.4 is 5.32 Å². The van der Waals surface area contributed by atoms with E-state index >= 15 is 0 Å². The standard InChI is InChI=1S/C14H14N4O2S2/c1-9(13(19)15-7-10-4-5-20-8-10)18-12(16-17-14(18)21)11-3-2-6-22-11/h2-6,8-9H,7H2,1H3,(H,15,19)(H,17,21). The molecule has 114 valence electrons. The van der Waals surface area contributed by atoms with Crippen LogP contribution in [0, 0.1) is 4.77 Å². The summed E-state index contributed by atoms with van der Waals surface area (Å²) in [6, 6.07) is 5.23. The third-order valence-corrected chi connectivity index (χ3v) is 4.41. The summed E-state index contributed by atoms with van der Waals surface area (Å²) in [4.78, 5) is 13.3. The molecule has 8 heteroatoms. The Bertz CT molecular complexity index is 802. The maximum absolute atomic E-state index is 12.4. The van der Waals surface area contributed by atoms with Gasteiger partial charge >= 0.3 is 0 Å². The maximum atomic E-state index is 12.4. The van der Waals surface area contributed by atoms with Crippen molar-refractivity contribution in [2.45, 2.75) is 19.5 Å². The van der Waals surface area contributed by atoms with Gasteiger partial charge in [0.1, 0.15) is 6.04 Å². The Labute approximate surface area is 135 Å². The summed E-state index contributed by atoms with van der Waals surface area (Å²) >= 11 is 6.81. The monoisotopic (exact) mass is 334 g/mol. The van der Waals surface area contributed by atoms with Crippen molar-refractivity contribution in [2.24, 2.45) is 0 Å². The number of aromatic nitrogens is 3. The molecule has 3 rings (SSSR count). The summed E-state index contributed by atoms with van der Waals surface area (Å²) in [5, 5.41) is 11.8. The molecule has 1 unspecified atom stereocenters. The van der Waals surface area contributed by atoms with Crippen molar-refractivity contribution in [1.82, 2.24) is 20.1 Å². The highest BCUT2D eigenvalue weighted by atomic mass is 32.1. The summed E-state index contributed by atoms with van der Waals surface area (Å²) in [5.74, 6) is 0.544. The van der Waals surface area contributed by atoms with Crippen molar-refractivity contribution in [2.75, 3.05) is 0 Å². The van der Waals surface area contributed by atoms with Gasteiger partial charge in [-0.1, -0.05) is 6.07 Å². The first-order chi connectivity index (χ1) is 10.7. The number of hydrogen-bond acceptors (Lipinski definition) is 5. The Morgan fingerprint density at radius 3 is 3.14 bits per heavy atom. The summed E-state index contributed by atoms with van der Waals surface area (Å²) in [5.41, 5.74) is 0.912. The number of nitrogens with zero attached hydrogens (tertiary/aromatic N) is 2. The van der Waals surface area contributed by atoms with E-state index in [1.807, 2.05) is 23.6 Å². The first-order valence-corrected chi connectivity index (χ1v) is 7.95. The number of hydrogen-bond donors (Lipinski definition) is 2. The van der Waals surface area contributed by atoms with Crippen LogP contribution in [0.4, 0.5) is 0 Å². The lowest BCUT2D eigenvalue weighted by Gasteiger charge is -2.14. The predicted molar refractivity (Wildman–Crippen MR) is 86.0 cm³/mol. The van der Waals surface area contributed by atoms with Gasteiger partial charge in [-0.25, -0.2) is 0 Å². The maximum Gasteiger partial charge on any atom is 0.243 e. The number of aromatic amines is 1. The summed E-state index contributed by atoms with van der Waals surface area (Å²) in [6.45, 7) is 2.21. The van der Waals surface area contributed by atoms with E-state index in [0.717, 1.165) is 10.4 Å². The van der Waals surface area contributed by atoms with Crippen LogP contribution in [0.25, 0.3) is 10.7 Å². The van der Waals surface area contributed by atoms with Crippen molar-refractivity contribution in [1.29, 1.82) is 0 Å². The van der Waals surface area contributed by atoms with E-state index in [0.29, 0.717) is 17.1 Å². The molecule has 1 amide bonds. The summed E-state index contributed by atoms with van der Waals surface area (Å²) < 4.78 is 7.13. The highest BCUT2D eigenvalue weighted by molar-refractivity contribution is 7.71. The lowest BCUT2D eigenvalue weighted by molar-refractivity contribution is -0.124. The normalized spacial score (nSPS) is 12.2. The molecule has 0 spiro atoms. The molecular weight excluding hydrogens is 320 g/mol. The van der Waals surface area contributed by atoms with E-state index < -0.39 is 6.04 Å². The fraction of sp³-hybridized carbons (Fsp3) is 0.214. The molecule has 2 N–H and O–H groups in total. The number of rotatable bonds is 5. The molecule has 0 aliphatic heterocycles. The van der Waals surface area contributed by atoms with Gasteiger partial charge in [-0.3, -0.25) is 14.5 Å². The van der Waals surface area contributed by atoms with Crippen LogP contribution in [0.3, 0.4) is 0 Å². The van der Waals surface area contributed by atoms with E-state index in [2.05, 4.69) is 15.5 Å². The predicted octanol–water partition coefficient (Wildman–Crippen LogP) is 3.14. The molecule has 3 heterocycles. The van der Waals surface area contributed by atoms with Gasteiger partial charge in [0.25, 0.3) is 0 Å². The van der Waals surface area contributed by atoms with Crippen LogP contribution in [0.1, 0.15) is 18.5 Å². The fourth-order valence-electron chi connectivity index (χ4n) is 2.09. The van der Waals surface area contributed by atoms with Gasteiger partial charge in [0.15, 0.2) is 10.6 Å². The zero-order valence-corrected chi connectivity index (χ0v) is 13.4. The largest absolute Gasteiger partial charge is 0.472 e. The van der Waals surface area contributed by atoms with E-state index in [-0.39, 0.29) is 5.91 Å². The molecule has 3 aromatic rings. The molecule has 0 aliphatic carbocycles. The molecule has 22 heavy (non-hydrogen) atoms. The van der Waals surface area contributed by atoms with E-state index in [9.17, 15) is 4.79 Å². The average molecular weight is 334 g/mol. The molecule has 0 saturated heterocycles. The second kappa shape index (κ2) is 6.29. The lowest BCUT2D eigenvalue weighted by atomic mass is 10.2. The first kappa shape index (κ1) is 14.7. The molecule has 1 atom stereocenters. The molecule has 0 aliphatic rings. The summed E-state index contributed by atoms with van der Waals surface area (Å²) in [6.07, 6.45) is 3.18. The molecule has 6 nitrogen and oxygen atoms in total. The van der Waals surface area contributed by atoms with Gasteiger partial charge in [-0.2, -0.15) is 5.10 Å². The molecule has 0 radical (unpaired) electrons. The minimum Gasteiger partial charge on any atom is -0.472 e. The van der Waals surface area contributed by atoms with Gasteiger partial charge < -0.3 is 9.73 Å². The number of carbonyl (C=O) groups is 1. The Balaban J connectivity index is 1.80. The average Bonchev–Trinajstić information content (AvgIpc) is 3.25. The lowest BCUT2D eigenvalue weighted by Crippen LogP contribution is -2.30. The van der Waals surface area contributed by atoms with Crippen LogP contribution >= 0.6 is 23.6 Å². The molecular formula is C14H14N4O2S2. The minimum absolute atomic E-state index is 0.128. The van der Waals surface area contributed by atoms with Crippen molar-refractivity contribution >= 4 is 29.5 Å². The SMILES string of the molecule is CC(C(=O)NCc1ccoc1)n1c(-c2cccs2)n[nH]c1=S. The Morgan fingerprint density at radius 1 is 1.59 bits per heavy atom. The minimum atomic E-state index is -0.463. The number of nitrogens with one attached hydrogen (secondary N) is 2. The zero-order chi connectivity index (χ0) is 15.5. The van der Waals surface area contributed by atoms with Crippen LogP contribution in [-0.2, 0) is 11.3 Å². The van der Waals surface area contributed by atoms with Crippen LogP contribution in [0.2, 0.25) is 0 Å². The van der Waals surface area contributed by atoms with Gasteiger partial charge in [0, 0.05) is 12.1 Å². The highest BCUT2D eigenvalue weighted by Gasteiger charge is 2.21. The molecule has 0 fully saturated rings. The van der Waals surface area contributed by atoms with E-state index in [1.165, 1.54) is 0 Å². The van der Waals surface area contributed by atoms with E-state index in [1.54, 1.807) is 35.4 Å². The third kappa shape index (κ3) is 2.88. The zero-order valence-electron chi connectivity index (χ0n) is 11.8. The smallest absolute Gasteiger partial charge is 0.243 e. The number of amides is 1. The second-order valence-corrected chi connectivity index (χ2v) is 6.06. The fourth-order valence-corrected chi connectivity index (χ4v) is 3.09. The molecule has 3 aromatic heterocycles. The van der Waals surface area contributed by atoms with Crippen LogP contribution in [0.15, 0.2) is 40.5 Å². The van der Waals surface area contributed by atoms with Crippen molar-refractivity contribution in [3.63, 3.8) is 0 Å². The molecule has 0 aromatic carbocycles. The van der Waals surface area contributed by atoms with Crippen molar-refractivity contribution in [3.8, 4) is 10.7 Å². The van der Waals surface area contributed by atoms with E-state index in [4.69, 9.17) is 16.6 Å². The van der Waals surface area contributed by atoms with Crippen molar-refractivity contribution in [3.05, 3.63) is 46.4 Å². The number of carbonyl (C=O) groups excluding carboxylic acids is 1. The third-order valence-electron chi connectivity index (χ3n) is 3.26. The van der Waals surface area contributed by atoms with Crippen molar-refractivity contribution < 1.29 is 9.21 Å². The van der Waals surface area contributed by atoms with Gasteiger partial charge in [0.2, 0.25) is 5.91 Å². The van der Waals surface area contributed by atoms with Gasteiger partial charge in [-0.05, 0) is 36.7 Å². The Kier molecular flexibility index (Phi) is 4.21. The first-order valence-electron chi connectivity index (χ1n) is 6.66. The molecule has 0 bridgehead atoms. The van der Waals surface area contributed by atoms with Crippen LogP contribution in [0.5, 0.6) is 0 Å². The Morgan fingerprint density at radius 2 is 2.45 bits per heavy atom. The molecule has 0 saturated carbocycles. The quantitative estimate of drug-likeness (QED) is 0.703.